The number of likely N-dealkylation sites (N-methyl/N-ethyl adjacent to an activating group) is 1. The normalized spacial score (nSPS) is 10.6. The number of aryl methyl sites for hydroxylation is 1. The second-order valence-electron chi connectivity index (χ2n) is 4.92. The fourth-order valence-corrected chi connectivity index (χ4v) is 2.75. The third kappa shape index (κ3) is 3.31. The van der Waals surface area contributed by atoms with Crippen LogP contribution < -0.4 is 10.6 Å². The van der Waals surface area contributed by atoms with Crippen molar-refractivity contribution < 1.29 is 4.39 Å². The highest BCUT2D eigenvalue weighted by Crippen LogP contribution is 2.26. The molecule has 0 radical (unpaired) electrons. The van der Waals surface area contributed by atoms with Gasteiger partial charge in [-0.1, -0.05) is 28.1 Å². The lowest BCUT2D eigenvalue weighted by molar-refractivity contribution is 0.608. The van der Waals surface area contributed by atoms with Crippen molar-refractivity contribution in [3.05, 3.63) is 57.8 Å². The first-order valence-electron chi connectivity index (χ1n) is 6.49. The Labute approximate surface area is 127 Å². The van der Waals surface area contributed by atoms with Crippen LogP contribution in [0.3, 0.4) is 0 Å². The van der Waals surface area contributed by atoms with E-state index in [0.29, 0.717) is 18.5 Å². The number of nitrogens with two attached hydrogens (primary N) is 1. The van der Waals surface area contributed by atoms with Crippen LogP contribution in [0.4, 0.5) is 15.8 Å². The number of nitrogen functional groups attached to an aromatic ring is 1. The van der Waals surface area contributed by atoms with E-state index in [2.05, 4.69) is 20.8 Å². The van der Waals surface area contributed by atoms with E-state index >= 15 is 0 Å². The van der Waals surface area contributed by atoms with E-state index in [0.717, 1.165) is 21.4 Å². The first-order valence-corrected chi connectivity index (χ1v) is 7.28. The van der Waals surface area contributed by atoms with Gasteiger partial charge < -0.3 is 10.6 Å². The van der Waals surface area contributed by atoms with Gasteiger partial charge in [0.2, 0.25) is 0 Å². The number of benzene rings is 2. The first kappa shape index (κ1) is 14.9. The summed E-state index contributed by atoms with van der Waals surface area (Å²) in [4.78, 5) is 2.07. The largest absolute Gasteiger partial charge is 0.397 e. The molecule has 0 amide bonds. The van der Waals surface area contributed by atoms with Crippen LogP contribution >= 0.6 is 15.9 Å². The lowest BCUT2D eigenvalue weighted by Gasteiger charge is -2.23. The highest BCUT2D eigenvalue weighted by Gasteiger charge is 2.10. The van der Waals surface area contributed by atoms with Gasteiger partial charge in [0.1, 0.15) is 5.82 Å². The van der Waals surface area contributed by atoms with E-state index in [-0.39, 0.29) is 5.82 Å². The van der Waals surface area contributed by atoms with E-state index < -0.39 is 0 Å². The molecule has 106 valence electrons. The lowest BCUT2D eigenvalue weighted by atomic mass is 10.1. The Balaban J connectivity index is 2.13. The van der Waals surface area contributed by atoms with Crippen LogP contribution in [0.25, 0.3) is 0 Å². The van der Waals surface area contributed by atoms with Gasteiger partial charge in [0.15, 0.2) is 0 Å². The monoisotopic (exact) mass is 336 g/mol. The Morgan fingerprint density at radius 2 is 2.00 bits per heavy atom. The highest BCUT2D eigenvalue weighted by atomic mass is 79.9. The molecule has 0 aliphatic rings. The van der Waals surface area contributed by atoms with Gasteiger partial charge in [-0.15, -0.1) is 0 Å². The Morgan fingerprint density at radius 1 is 1.25 bits per heavy atom. The summed E-state index contributed by atoms with van der Waals surface area (Å²) < 4.78 is 14.6. The molecule has 2 N–H and O–H groups in total. The predicted octanol–water partition coefficient (Wildman–Crippen LogP) is 4.16. The minimum Gasteiger partial charge on any atom is -0.397 e. The summed E-state index contributed by atoms with van der Waals surface area (Å²) in [7, 11) is 1.98. The SMILES string of the molecule is Cc1cccc(N)c1N(C)CCc1cc(Br)ccc1F. The molecule has 0 atom stereocenters. The predicted molar refractivity (Wildman–Crippen MR) is 86.7 cm³/mol. The van der Waals surface area contributed by atoms with Gasteiger partial charge in [-0.05, 0) is 48.7 Å². The highest BCUT2D eigenvalue weighted by molar-refractivity contribution is 9.10. The molecule has 0 bridgehead atoms. The van der Waals surface area contributed by atoms with Gasteiger partial charge in [0.05, 0.1) is 11.4 Å². The maximum atomic E-state index is 13.7. The third-order valence-electron chi connectivity index (χ3n) is 3.38. The molecular formula is C16H18BrFN2. The summed E-state index contributed by atoms with van der Waals surface area (Å²) in [6.07, 6.45) is 0.634. The smallest absolute Gasteiger partial charge is 0.126 e. The maximum Gasteiger partial charge on any atom is 0.126 e. The zero-order valence-electron chi connectivity index (χ0n) is 11.7. The maximum absolute atomic E-state index is 13.7. The molecule has 2 nitrogen and oxygen atoms in total. The third-order valence-corrected chi connectivity index (χ3v) is 3.87. The zero-order valence-corrected chi connectivity index (χ0v) is 13.2. The number of nitrogens with zero attached hydrogens (tertiary/aromatic N) is 1. The van der Waals surface area contributed by atoms with Crippen molar-refractivity contribution in [2.45, 2.75) is 13.3 Å². The average molecular weight is 337 g/mol. The molecule has 0 spiro atoms. The summed E-state index contributed by atoms with van der Waals surface area (Å²) in [6.45, 7) is 2.74. The molecule has 0 saturated heterocycles. The summed E-state index contributed by atoms with van der Waals surface area (Å²) in [5, 5.41) is 0. The van der Waals surface area contributed by atoms with Crippen molar-refractivity contribution in [3.8, 4) is 0 Å². The van der Waals surface area contributed by atoms with Crippen LogP contribution in [0.2, 0.25) is 0 Å². The molecule has 0 fully saturated rings. The number of hydrogen-bond acceptors (Lipinski definition) is 2. The van der Waals surface area contributed by atoms with Crippen molar-refractivity contribution in [3.63, 3.8) is 0 Å². The van der Waals surface area contributed by atoms with Crippen LogP contribution in [0.5, 0.6) is 0 Å². The molecule has 0 saturated carbocycles. The van der Waals surface area contributed by atoms with Gasteiger partial charge in [0, 0.05) is 18.1 Å². The second-order valence-corrected chi connectivity index (χ2v) is 5.84. The Kier molecular flexibility index (Phi) is 4.65. The first-order chi connectivity index (χ1) is 9.49. The topological polar surface area (TPSA) is 29.3 Å². The van der Waals surface area contributed by atoms with Gasteiger partial charge in [-0.3, -0.25) is 0 Å². The summed E-state index contributed by atoms with van der Waals surface area (Å²) in [6, 6.07) is 10.9. The minimum absolute atomic E-state index is 0.167. The Bertz CT molecular complexity index is 593. The summed E-state index contributed by atoms with van der Waals surface area (Å²) >= 11 is 3.37. The molecular weight excluding hydrogens is 319 g/mol. The average Bonchev–Trinajstić information content (AvgIpc) is 2.39. The van der Waals surface area contributed by atoms with Crippen molar-refractivity contribution in [2.75, 3.05) is 24.2 Å². The fraction of sp³-hybridized carbons (Fsp3) is 0.250. The van der Waals surface area contributed by atoms with E-state index in [1.807, 2.05) is 38.2 Å². The second kappa shape index (κ2) is 6.27. The van der Waals surface area contributed by atoms with Crippen LogP contribution in [0.15, 0.2) is 40.9 Å². The Morgan fingerprint density at radius 3 is 2.70 bits per heavy atom. The standard InChI is InChI=1S/C16H18BrFN2/c1-11-4-3-5-15(19)16(11)20(2)9-8-12-10-13(17)6-7-14(12)18/h3-7,10H,8-9,19H2,1-2H3. The van der Waals surface area contributed by atoms with E-state index in [1.54, 1.807) is 6.07 Å². The van der Waals surface area contributed by atoms with Gasteiger partial charge >= 0.3 is 0 Å². The molecule has 2 aromatic rings. The number of halogens is 2. The number of hydrogen-bond donors (Lipinski definition) is 1. The van der Waals surface area contributed by atoms with Gasteiger partial charge in [-0.2, -0.15) is 0 Å². The molecule has 0 heterocycles. The molecule has 0 aliphatic heterocycles. The van der Waals surface area contributed by atoms with Crippen molar-refractivity contribution in [1.29, 1.82) is 0 Å². The fourth-order valence-electron chi connectivity index (χ4n) is 2.34. The van der Waals surface area contributed by atoms with Crippen molar-refractivity contribution in [2.24, 2.45) is 0 Å². The molecule has 0 unspecified atom stereocenters. The molecule has 4 heteroatoms. The van der Waals surface area contributed by atoms with Crippen LogP contribution in [0.1, 0.15) is 11.1 Å². The molecule has 2 aromatic carbocycles. The van der Waals surface area contributed by atoms with E-state index in [9.17, 15) is 4.39 Å². The quantitative estimate of drug-likeness (QED) is 0.849. The van der Waals surface area contributed by atoms with Crippen molar-refractivity contribution in [1.82, 2.24) is 0 Å². The zero-order chi connectivity index (χ0) is 14.7. The number of para-hydroxylation sites is 1. The van der Waals surface area contributed by atoms with Gasteiger partial charge in [0.25, 0.3) is 0 Å². The van der Waals surface area contributed by atoms with E-state index in [1.165, 1.54) is 6.07 Å². The van der Waals surface area contributed by atoms with Crippen LogP contribution in [-0.4, -0.2) is 13.6 Å². The molecule has 0 aromatic heterocycles. The van der Waals surface area contributed by atoms with Crippen LogP contribution in [-0.2, 0) is 6.42 Å². The van der Waals surface area contributed by atoms with E-state index in [4.69, 9.17) is 5.73 Å². The Hall–Kier alpha value is -1.55. The number of rotatable bonds is 4. The van der Waals surface area contributed by atoms with Crippen molar-refractivity contribution >= 4 is 27.3 Å². The summed E-state index contributed by atoms with van der Waals surface area (Å²) in [5.74, 6) is -0.167. The van der Waals surface area contributed by atoms with Gasteiger partial charge in [-0.25, -0.2) is 4.39 Å². The minimum atomic E-state index is -0.167. The summed E-state index contributed by atoms with van der Waals surface area (Å²) in [5.41, 5.74) is 9.62. The molecule has 0 aliphatic carbocycles. The lowest BCUT2D eigenvalue weighted by Crippen LogP contribution is -2.22. The number of anilines is 2. The molecule has 2 rings (SSSR count). The molecule has 20 heavy (non-hydrogen) atoms. The van der Waals surface area contributed by atoms with Crippen LogP contribution in [0, 0.1) is 12.7 Å².